The van der Waals surface area contributed by atoms with Crippen LogP contribution in [0.3, 0.4) is 0 Å². The second-order valence-corrected chi connectivity index (χ2v) is 6.35. The summed E-state index contributed by atoms with van der Waals surface area (Å²) in [4.78, 5) is 18.3. The Kier molecular flexibility index (Phi) is 5.03. The zero-order valence-electron chi connectivity index (χ0n) is 12.6. The zero-order valence-corrected chi connectivity index (χ0v) is 13.4. The molecule has 0 aliphatic carbocycles. The predicted molar refractivity (Wildman–Crippen MR) is 83.0 cm³/mol. The van der Waals surface area contributed by atoms with Gasteiger partial charge in [0.25, 0.3) is 5.91 Å². The molecule has 0 saturated carbocycles. The lowest BCUT2D eigenvalue weighted by Gasteiger charge is -2.31. The Morgan fingerprint density at radius 1 is 1.33 bits per heavy atom. The highest BCUT2D eigenvalue weighted by Crippen LogP contribution is 2.31. The largest absolute Gasteiger partial charge is 0.434 e. The van der Waals surface area contributed by atoms with Crippen molar-refractivity contribution in [1.29, 1.82) is 0 Å². The molecule has 1 aromatic carbocycles. The number of carbonyl (C=O) groups excluding carboxylic acids is 1. The van der Waals surface area contributed by atoms with Crippen molar-refractivity contribution in [3.05, 3.63) is 46.2 Å². The maximum Gasteiger partial charge on any atom is 0.387 e. The third-order valence-electron chi connectivity index (χ3n) is 3.99. The van der Waals surface area contributed by atoms with Crippen molar-refractivity contribution < 1.29 is 22.7 Å². The van der Waals surface area contributed by atoms with E-state index in [-0.39, 0.29) is 5.92 Å². The summed E-state index contributed by atoms with van der Waals surface area (Å²) in [6, 6.07) is 3.47. The molecule has 128 valence electrons. The first kappa shape index (κ1) is 16.8. The molecule has 1 aliphatic heterocycles. The van der Waals surface area contributed by atoms with Gasteiger partial charge < -0.3 is 9.64 Å². The van der Waals surface area contributed by atoms with Crippen molar-refractivity contribution in [2.24, 2.45) is 0 Å². The van der Waals surface area contributed by atoms with E-state index in [0.29, 0.717) is 25.9 Å². The van der Waals surface area contributed by atoms with E-state index in [9.17, 15) is 18.0 Å². The number of aromatic nitrogens is 1. The van der Waals surface area contributed by atoms with Gasteiger partial charge in [0.05, 0.1) is 5.01 Å². The van der Waals surface area contributed by atoms with Gasteiger partial charge in [-0.25, -0.2) is 9.37 Å². The van der Waals surface area contributed by atoms with Crippen molar-refractivity contribution in [1.82, 2.24) is 9.88 Å². The molecular weight excluding hydrogens is 341 g/mol. The number of rotatable bonds is 4. The fourth-order valence-electron chi connectivity index (χ4n) is 2.83. The summed E-state index contributed by atoms with van der Waals surface area (Å²) < 4.78 is 43.3. The molecule has 0 spiro atoms. The number of benzene rings is 1. The average molecular weight is 356 g/mol. The van der Waals surface area contributed by atoms with E-state index in [1.165, 1.54) is 17.0 Å². The number of ether oxygens (including phenoxy) is 1. The number of alkyl halides is 2. The van der Waals surface area contributed by atoms with Gasteiger partial charge in [0, 0.05) is 30.6 Å². The molecule has 2 heterocycles. The minimum absolute atomic E-state index is 0.270. The maximum atomic E-state index is 14.0. The molecule has 1 saturated heterocycles. The smallest absolute Gasteiger partial charge is 0.387 e. The van der Waals surface area contributed by atoms with Gasteiger partial charge >= 0.3 is 6.61 Å². The number of hydrogen-bond donors (Lipinski definition) is 0. The molecule has 0 atom stereocenters. The van der Waals surface area contributed by atoms with Crippen molar-refractivity contribution >= 4 is 17.2 Å². The fourth-order valence-corrected chi connectivity index (χ4v) is 3.64. The third-order valence-corrected chi connectivity index (χ3v) is 4.93. The Hall–Kier alpha value is -2.09. The molecule has 4 nitrogen and oxygen atoms in total. The first-order valence-electron chi connectivity index (χ1n) is 7.48. The van der Waals surface area contributed by atoms with E-state index >= 15 is 0 Å². The summed E-state index contributed by atoms with van der Waals surface area (Å²) in [6.07, 6.45) is 3.16. The van der Waals surface area contributed by atoms with Crippen LogP contribution in [0.2, 0.25) is 0 Å². The number of hydrogen-bond acceptors (Lipinski definition) is 4. The lowest BCUT2D eigenvalue weighted by Crippen LogP contribution is -2.38. The standard InChI is InChI=1S/C16H15F3N2O2S/c17-11-2-1-3-12(23-16(18)19)13(11)15(22)21-7-4-10(5-8-21)14-20-6-9-24-14/h1-3,6,9-10,16H,4-5,7-8H2. The lowest BCUT2D eigenvalue weighted by molar-refractivity contribution is -0.0504. The van der Waals surface area contributed by atoms with Crippen LogP contribution in [0.5, 0.6) is 5.75 Å². The number of likely N-dealkylation sites (tertiary alicyclic amines) is 1. The Morgan fingerprint density at radius 3 is 2.71 bits per heavy atom. The molecule has 0 N–H and O–H groups in total. The van der Waals surface area contributed by atoms with E-state index in [1.54, 1.807) is 17.5 Å². The van der Waals surface area contributed by atoms with E-state index in [4.69, 9.17) is 0 Å². The molecule has 1 aliphatic rings. The quantitative estimate of drug-likeness (QED) is 0.834. The molecular formula is C16H15F3N2O2S. The number of carbonyl (C=O) groups is 1. The monoisotopic (exact) mass is 356 g/mol. The van der Waals surface area contributed by atoms with Gasteiger partial charge in [0.2, 0.25) is 0 Å². The van der Waals surface area contributed by atoms with Gasteiger partial charge in [-0.15, -0.1) is 11.3 Å². The van der Waals surface area contributed by atoms with Gasteiger partial charge in [-0.1, -0.05) is 6.07 Å². The van der Waals surface area contributed by atoms with Gasteiger partial charge in [0.15, 0.2) is 0 Å². The Balaban J connectivity index is 1.74. The van der Waals surface area contributed by atoms with Crippen LogP contribution in [-0.4, -0.2) is 35.5 Å². The van der Waals surface area contributed by atoms with Crippen molar-refractivity contribution in [3.63, 3.8) is 0 Å². The van der Waals surface area contributed by atoms with Crippen LogP contribution in [0, 0.1) is 5.82 Å². The van der Waals surface area contributed by atoms with Crippen LogP contribution in [0.25, 0.3) is 0 Å². The van der Waals surface area contributed by atoms with Crippen LogP contribution >= 0.6 is 11.3 Å². The normalized spacial score (nSPS) is 15.8. The highest BCUT2D eigenvalue weighted by Gasteiger charge is 2.29. The molecule has 8 heteroatoms. The van der Waals surface area contributed by atoms with Crippen LogP contribution in [0.15, 0.2) is 29.8 Å². The summed E-state index contributed by atoms with van der Waals surface area (Å²) in [5, 5.41) is 2.93. The number of nitrogens with zero attached hydrogens (tertiary/aromatic N) is 2. The molecule has 24 heavy (non-hydrogen) atoms. The number of piperidine rings is 1. The van der Waals surface area contributed by atoms with Crippen LogP contribution in [0.4, 0.5) is 13.2 Å². The van der Waals surface area contributed by atoms with Crippen molar-refractivity contribution in [2.75, 3.05) is 13.1 Å². The minimum Gasteiger partial charge on any atom is -0.434 e. The van der Waals surface area contributed by atoms with Crippen LogP contribution in [-0.2, 0) is 0 Å². The molecule has 1 aromatic heterocycles. The first-order chi connectivity index (χ1) is 11.6. The van der Waals surface area contributed by atoms with Crippen LogP contribution in [0.1, 0.15) is 34.1 Å². The number of thiazole rings is 1. The number of halogens is 3. The van der Waals surface area contributed by atoms with E-state index < -0.39 is 29.6 Å². The minimum atomic E-state index is -3.12. The lowest BCUT2D eigenvalue weighted by atomic mass is 9.97. The Labute approximate surface area is 140 Å². The van der Waals surface area contributed by atoms with Gasteiger partial charge in [-0.2, -0.15) is 8.78 Å². The molecule has 1 amide bonds. The molecule has 1 fully saturated rings. The van der Waals surface area contributed by atoms with E-state index in [0.717, 1.165) is 11.1 Å². The highest BCUT2D eigenvalue weighted by molar-refractivity contribution is 7.09. The molecule has 0 radical (unpaired) electrons. The van der Waals surface area contributed by atoms with Gasteiger partial charge in [-0.3, -0.25) is 4.79 Å². The van der Waals surface area contributed by atoms with Crippen LogP contribution < -0.4 is 4.74 Å². The number of amides is 1. The second kappa shape index (κ2) is 7.21. The SMILES string of the molecule is O=C(c1c(F)cccc1OC(F)F)N1CCC(c2nccs2)CC1. The summed E-state index contributed by atoms with van der Waals surface area (Å²) in [5.41, 5.74) is -0.439. The first-order valence-corrected chi connectivity index (χ1v) is 8.36. The maximum absolute atomic E-state index is 14.0. The topological polar surface area (TPSA) is 42.4 Å². The van der Waals surface area contributed by atoms with Gasteiger partial charge in [0.1, 0.15) is 17.1 Å². The summed E-state index contributed by atoms with van der Waals surface area (Å²) in [5.74, 6) is -1.65. The van der Waals surface area contributed by atoms with E-state index in [2.05, 4.69) is 9.72 Å². The Bertz CT molecular complexity index is 701. The molecule has 0 unspecified atom stereocenters. The van der Waals surface area contributed by atoms with E-state index in [1.807, 2.05) is 5.38 Å². The predicted octanol–water partition coefficient (Wildman–Crippen LogP) is 3.90. The molecule has 3 rings (SSSR count). The van der Waals surface area contributed by atoms with Crippen molar-refractivity contribution in [2.45, 2.75) is 25.4 Å². The van der Waals surface area contributed by atoms with Gasteiger partial charge in [-0.05, 0) is 25.0 Å². The highest BCUT2D eigenvalue weighted by atomic mass is 32.1. The Morgan fingerprint density at radius 2 is 2.08 bits per heavy atom. The summed E-state index contributed by atoms with van der Waals surface area (Å²) >= 11 is 1.57. The summed E-state index contributed by atoms with van der Waals surface area (Å²) in [6.45, 7) is -2.27. The molecule has 2 aromatic rings. The van der Waals surface area contributed by atoms with Crippen molar-refractivity contribution in [3.8, 4) is 5.75 Å². The fraction of sp³-hybridized carbons (Fsp3) is 0.375. The second-order valence-electron chi connectivity index (χ2n) is 5.43. The average Bonchev–Trinajstić information content (AvgIpc) is 3.08. The molecule has 0 bridgehead atoms. The third kappa shape index (κ3) is 3.53. The zero-order chi connectivity index (χ0) is 17.1. The summed E-state index contributed by atoms with van der Waals surface area (Å²) in [7, 11) is 0.